The van der Waals surface area contributed by atoms with Crippen molar-refractivity contribution in [3.63, 3.8) is 0 Å². The van der Waals surface area contributed by atoms with Crippen LogP contribution in [0.1, 0.15) is 24.2 Å². The SMILES string of the molecule is Cc1cc[c-](C(C)O)c1.[Fe].[cH-]1[cH-][cH-][cH-][cH-]1. The van der Waals surface area contributed by atoms with Gasteiger partial charge in [-0.2, -0.15) is 12.1 Å². The topological polar surface area (TPSA) is 20.2 Å². The van der Waals surface area contributed by atoms with Crippen LogP contribution in [0.15, 0.2) is 48.5 Å². The van der Waals surface area contributed by atoms with Gasteiger partial charge in [-0.1, -0.05) is 6.92 Å². The second kappa shape index (κ2) is 7.47. The van der Waals surface area contributed by atoms with E-state index in [0.717, 1.165) is 5.56 Å². The Morgan fingerprint density at radius 2 is 1.67 bits per heavy atom. The fraction of sp³-hybridized carbons (Fsp3) is 0.231. The van der Waals surface area contributed by atoms with Gasteiger partial charge in [-0.15, -0.1) is 5.56 Å². The molecule has 0 heterocycles. The monoisotopic (exact) mass is 244 g/mol. The molecular formula is C13H16FeO-6. The summed E-state index contributed by atoms with van der Waals surface area (Å²) in [5, 5.41) is 9.04. The van der Waals surface area contributed by atoms with Gasteiger partial charge in [0.15, 0.2) is 0 Å². The molecule has 88 valence electrons. The average molecular weight is 244 g/mol. The smallest absolute Gasteiger partial charge is 0.0322 e. The molecule has 0 saturated carbocycles. The van der Waals surface area contributed by atoms with Crippen LogP contribution in [0.2, 0.25) is 0 Å². The quantitative estimate of drug-likeness (QED) is 0.603. The molecule has 0 aliphatic carbocycles. The summed E-state index contributed by atoms with van der Waals surface area (Å²) in [6.45, 7) is 3.79. The summed E-state index contributed by atoms with van der Waals surface area (Å²) in [6, 6.07) is 15.9. The van der Waals surface area contributed by atoms with Crippen molar-refractivity contribution >= 4 is 0 Å². The van der Waals surface area contributed by atoms with Gasteiger partial charge in [0.2, 0.25) is 0 Å². The van der Waals surface area contributed by atoms with Crippen molar-refractivity contribution in [3.05, 3.63) is 59.7 Å². The summed E-state index contributed by atoms with van der Waals surface area (Å²) < 4.78 is 0. The molecule has 1 unspecified atom stereocenters. The Balaban J connectivity index is 0.000000280. The minimum Gasteiger partial charge on any atom is -0.748 e. The fourth-order valence-electron chi connectivity index (χ4n) is 1.17. The molecule has 2 heteroatoms. The molecule has 0 bridgehead atoms. The van der Waals surface area contributed by atoms with Crippen LogP contribution in [-0.4, -0.2) is 5.11 Å². The molecule has 1 nitrogen and oxygen atoms in total. The Bertz CT molecular complexity index is 316. The molecule has 1 atom stereocenters. The third-order valence-corrected chi connectivity index (χ3v) is 1.97. The van der Waals surface area contributed by atoms with E-state index in [1.807, 2.05) is 55.5 Å². The van der Waals surface area contributed by atoms with E-state index in [1.54, 1.807) is 6.92 Å². The number of aryl methyl sites for hydroxylation is 1. The van der Waals surface area contributed by atoms with E-state index in [0.29, 0.717) is 0 Å². The van der Waals surface area contributed by atoms with E-state index in [-0.39, 0.29) is 23.2 Å². The van der Waals surface area contributed by atoms with Gasteiger partial charge in [0, 0.05) is 23.2 Å². The molecule has 0 aliphatic rings. The van der Waals surface area contributed by atoms with Crippen LogP contribution in [0.3, 0.4) is 0 Å². The van der Waals surface area contributed by atoms with Crippen molar-refractivity contribution < 1.29 is 22.2 Å². The van der Waals surface area contributed by atoms with Crippen molar-refractivity contribution in [1.29, 1.82) is 0 Å². The molecule has 0 spiro atoms. The fourth-order valence-corrected chi connectivity index (χ4v) is 1.17. The zero-order valence-electron chi connectivity index (χ0n) is 9.00. The van der Waals surface area contributed by atoms with Crippen LogP contribution in [0.4, 0.5) is 0 Å². The molecule has 2 aromatic rings. The molecule has 0 fully saturated rings. The summed E-state index contributed by atoms with van der Waals surface area (Å²) in [5.74, 6) is 0. The third kappa shape index (κ3) is 5.58. The van der Waals surface area contributed by atoms with Crippen LogP contribution in [-0.2, 0) is 17.1 Å². The van der Waals surface area contributed by atoms with Crippen LogP contribution in [0, 0.1) is 6.92 Å². The number of hydrogen-bond acceptors (Lipinski definition) is 1. The summed E-state index contributed by atoms with van der Waals surface area (Å²) >= 11 is 0. The molecule has 0 aliphatic heterocycles. The van der Waals surface area contributed by atoms with Crippen molar-refractivity contribution in [3.8, 4) is 0 Å². The number of hydrogen-bond donors (Lipinski definition) is 1. The number of aliphatic hydroxyl groups is 1. The largest absolute Gasteiger partial charge is 0.748 e. The first kappa shape index (κ1) is 14.2. The van der Waals surface area contributed by atoms with Crippen LogP contribution >= 0.6 is 0 Å². The predicted molar refractivity (Wildman–Crippen MR) is 59.4 cm³/mol. The Morgan fingerprint density at radius 1 is 1.20 bits per heavy atom. The first-order valence-corrected chi connectivity index (χ1v) is 4.78. The van der Waals surface area contributed by atoms with E-state index < -0.39 is 0 Å². The zero-order valence-corrected chi connectivity index (χ0v) is 10.1. The second-order valence-electron chi connectivity index (χ2n) is 3.36. The summed E-state index contributed by atoms with van der Waals surface area (Å²) in [6.07, 6.45) is -0.321. The maximum Gasteiger partial charge on any atom is 0.0322 e. The third-order valence-electron chi connectivity index (χ3n) is 1.97. The van der Waals surface area contributed by atoms with Crippen LogP contribution in [0.5, 0.6) is 0 Å². The van der Waals surface area contributed by atoms with E-state index in [4.69, 9.17) is 5.11 Å². The molecule has 1 N–H and O–H groups in total. The van der Waals surface area contributed by atoms with Gasteiger partial charge in [-0.3, -0.25) is 0 Å². The molecule has 0 saturated heterocycles. The minimum absolute atomic E-state index is 0. The van der Waals surface area contributed by atoms with Crippen LogP contribution < -0.4 is 0 Å². The molecule has 0 amide bonds. The Labute approximate surface area is 102 Å². The second-order valence-corrected chi connectivity index (χ2v) is 3.36. The van der Waals surface area contributed by atoms with Crippen molar-refractivity contribution in [2.75, 3.05) is 0 Å². The number of aliphatic hydroxyl groups excluding tert-OH is 1. The molecule has 0 radical (unpaired) electrons. The van der Waals surface area contributed by atoms with E-state index >= 15 is 0 Å². The molecule has 0 aromatic heterocycles. The van der Waals surface area contributed by atoms with Crippen molar-refractivity contribution in [1.82, 2.24) is 0 Å². The van der Waals surface area contributed by atoms with E-state index in [2.05, 4.69) is 0 Å². The van der Waals surface area contributed by atoms with Gasteiger partial charge in [-0.25, -0.2) is 11.6 Å². The maximum absolute atomic E-state index is 9.04. The molecular weight excluding hydrogens is 228 g/mol. The average Bonchev–Trinajstić information content (AvgIpc) is 2.74. The normalized spacial score (nSPS) is 10.9. The Hall–Kier alpha value is -0.821. The predicted octanol–water partition coefficient (Wildman–Crippen LogP) is 3.17. The maximum atomic E-state index is 9.04. The minimum atomic E-state index is -0.321. The first-order valence-electron chi connectivity index (χ1n) is 4.78. The first-order chi connectivity index (χ1) is 6.70. The Kier molecular flexibility index (Phi) is 7.06. The van der Waals surface area contributed by atoms with Crippen LogP contribution in [0.25, 0.3) is 0 Å². The molecule has 2 rings (SSSR count). The number of rotatable bonds is 1. The van der Waals surface area contributed by atoms with Gasteiger partial charge in [0.05, 0.1) is 0 Å². The zero-order chi connectivity index (χ0) is 10.4. The summed E-state index contributed by atoms with van der Waals surface area (Å²) in [4.78, 5) is 0. The molecule has 2 aromatic carbocycles. The Morgan fingerprint density at radius 3 is 1.87 bits per heavy atom. The van der Waals surface area contributed by atoms with Gasteiger partial charge >= 0.3 is 0 Å². The van der Waals surface area contributed by atoms with E-state index in [1.165, 1.54) is 5.56 Å². The van der Waals surface area contributed by atoms with Crippen molar-refractivity contribution in [2.24, 2.45) is 0 Å². The molecule has 15 heavy (non-hydrogen) atoms. The standard InChI is InChI=1S/C8H11O.C5H5.Fe/c1-6-3-4-8(5-6)7(2)9;1-2-4-5-3-1;/h3-5,7,9H,1-2H3;1-5H;/q-1;-5;. The van der Waals surface area contributed by atoms with Gasteiger partial charge in [0.25, 0.3) is 0 Å². The summed E-state index contributed by atoms with van der Waals surface area (Å²) in [5.41, 5.74) is 2.22. The van der Waals surface area contributed by atoms with E-state index in [9.17, 15) is 0 Å². The van der Waals surface area contributed by atoms with Gasteiger partial charge < -0.3 is 35.4 Å². The van der Waals surface area contributed by atoms with Crippen molar-refractivity contribution in [2.45, 2.75) is 20.0 Å². The van der Waals surface area contributed by atoms with Gasteiger partial charge in [0.1, 0.15) is 0 Å². The van der Waals surface area contributed by atoms with Gasteiger partial charge in [-0.05, 0) is 6.92 Å². The summed E-state index contributed by atoms with van der Waals surface area (Å²) in [7, 11) is 0.